The molecule has 0 aliphatic rings. The minimum atomic E-state index is -0.160. The quantitative estimate of drug-likeness (QED) is 0.639. The molecule has 5 N–H and O–H groups in total. The molecule has 1 amide bonds. The van der Waals surface area contributed by atoms with Crippen molar-refractivity contribution >= 4 is 17.5 Å². The number of nitrogen functional groups attached to an aromatic ring is 2. The molecule has 0 atom stereocenters. The van der Waals surface area contributed by atoms with Crippen LogP contribution >= 0.6 is 0 Å². The highest BCUT2D eigenvalue weighted by molar-refractivity contribution is 5.94. The molecule has 2 aromatic carbocycles. The number of benzene rings is 2. The minimum Gasteiger partial charge on any atom is -0.398 e. The number of hydrogen-bond donors (Lipinski definition) is 3. The van der Waals surface area contributed by atoms with Gasteiger partial charge in [-0.05, 0) is 29.8 Å². The summed E-state index contributed by atoms with van der Waals surface area (Å²) in [7, 11) is 0. The van der Waals surface area contributed by atoms with Crippen molar-refractivity contribution in [2.24, 2.45) is 0 Å². The summed E-state index contributed by atoms with van der Waals surface area (Å²) in [4.78, 5) is 20.3. The largest absolute Gasteiger partial charge is 0.398 e. The van der Waals surface area contributed by atoms with E-state index >= 15 is 0 Å². The Morgan fingerprint density at radius 3 is 2.46 bits per heavy atom. The number of amides is 1. The summed E-state index contributed by atoms with van der Waals surface area (Å²) < 4.78 is 0. The second-order valence-corrected chi connectivity index (χ2v) is 5.26. The molecule has 0 saturated heterocycles. The van der Waals surface area contributed by atoms with Crippen molar-refractivity contribution < 1.29 is 4.79 Å². The van der Waals surface area contributed by atoms with E-state index in [4.69, 9.17) is 11.5 Å². The molecule has 0 aliphatic carbocycles. The van der Waals surface area contributed by atoms with E-state index in [2.05, 4.69) is 15.3 Å². The van der Waals surface area contributed by atoms with Gasteiger partial charge in [-0.2, -0.15) is 0 Å². The molecule has 0 saturated carbocycles. The number of rotatable bonds is 4. The molecule has 1 heterocycles. The minimum absolute atomic E-state index is 0.160. The average Bonchev–Trinajstić information content (AvgIpc) is 2.61. The second kappa shape index (κ2) is 6.78. The normalized spacial score (nSPS) is 10.3. The number of hydrogen-bond acceptors (Lipinski definition) is 5. The number of nitrogens with two attached hydrogens (primary N) is 2. The van der Waals surface area contributed by atoms with Gasteiger partial charge in [0.1, 0.15) is 0 Å². The van der Waals surface area contributed by atoms with Crippen molar-refractivity contribution in [1.82, 2.24) is 15.3 Å². The van der Waals surface area contributed by atoms with Gasteiger partial charge in [0.05, 0.1) is 5.69 Å². The first-order valence-electron chi connectivity index (χ1n) is 7.44. The molecule has 0 aliphatic heterocycles. The zero-order chi connectivity index (χ0) is 16.9. The second-order valence-electron chi connectivity index (χ2n) is 5.26. The maximum atomic E-state index is 12.2. The Bertz CT molecular complexity index is 861. The molecule has 1 aromatic heterocycles. The van der Waals surface area contributed by atoms with Crippen LogP contribution in [0.5, 0.6) is 0 Å². The van der Waals surface area contributed by atoms with E-state index in [1.807, 2.05) is 36.4 Å². The lowest BCUT2D eigenvalue weighted by Crippen LogP contribution is -2.23. The maximum Gasteiger partial charge on any atom is 0.251 e. The van der Waals surface area contributed by atoms with Crippen LogP contribution in [0.4, 0.5) is 11.6 Å². The van der Waals surface area contributed by atoms with Gasteiger partial charge < -0.3 is 16.8 Å². The average molecular weight is 319 g/mol. The fourth-order valence-corrected chi connectivity index (χ4v) is 2.30. The summed E-state index contributed by atoms with van der Waals surface area (Å²) in [6.07, 6.45) is 1.60. The van der Waals surface area contributed by atoms with Crippen molar-refractivity contribution in [3.63, 3.8) is 0 Å². The van der Waals surface area contributed by atoms with Crippen molar-refractivity contribution in [2.45, 2.75) is 6.54 Å². The number of para-hydroxylation sites is 1. The first-order valence-corrected chi connectivity index (χ1v) is 7.44. The predicted molar refractivity (Wildman–Crippen MR) is 93.9 cm³/mol. The van der Waals surface area contributed by atoms with Crippen LogP contribution in [-0.2, 0) is 6.54 Å². The van der Waals surface area contributed by atoms with Gasteiger partial charge in [0, 0.05) is 29.6 Å². The SMILES string of the molecule is Nc1nccc(-c2ccc(C(=O)NCc3ccccc3N)cc2)n1. The fourth-order valence-electron chi connectivity index (χ4n) is 2.30. The van der Waals surface area contributed by atoms with E-state index in [1.165, 1.54) is 0 Å². The summed E-state index contributed by atoms with van der Waals surface area (Å²) in [6, 6.07) is 16.4. The lowest BCUT2D eigenvalue weighted by atomic mass is 10.1. The highest BCUT2D eigenvalue weighted by atomic mass is 16.1. The van der Waals surface area contributed by atoms with Crippen LogP contribution in [0.2, 0.25) is 0 Å². The Kier molecular flexibility index (Phi) is 4.38. The molecular formula is C18H17N5O. The Labute approximate surface area is 139 Å². The van der Waals surface area contributed by atoms with Gasteiger partial charge >= 0.3 is 0 Å². The third-order valence-corrected chi connectivity index (χ3v) is 3.61. The van der Waals surface area contributed by atoms with Gasteiger partial charge in [0.2, 0.25) is 5.95 Å². The van der Waals surface area contributed by atoms with Crippen LogP contribution in [0.3, 0.4) is 0 Å². The zero-order valence-corrected chi connectivity index (χ0v) is 12.9. The Balaban J connectivity index is 1.69. The highest BCUT2D eigenvalue weighted by Crippen LogP contribution is 2.18. The number of nitrogens with one attached hydrogen (secondary N) is 1. The van der Waals surface area contributed by atoms with Gasteiger partial charge in [0.25, 0.3) is 5.91 Å². The Hall–Kier alpha value is -3.41. The van der Waals surface area contributed by atoms with E-state index in [0.717, 1.165) is 11.1 Å². The number of carbonyl (C=O) groups excluding carboxylic acids is 1. The van der Waals surface area contributed by atoms with Crippen LogP contribution in [0.15, 0.2) is 60.8 Å². The first kappa shape index (κ1) is 15.5. The molecule has 0 bridgehead atoms. The molecule has 6 nitrogen and oxygen atoms in total. The summed E-state index contributed by atoms with van der Waals surface area (Å²) in [5, 5.41) is 2.86. The van der Waals surface area contributed by atoms with Crippen molar-refractivity contribution in [1.29, 1.82) is 0 Å². The molecule has 24 heavy (non-hydrogen) atoms. The summed E-state index contributed by atoms with van der Waals surface area (Å²) in [5.41, 5.74) is 15.2. The summed E-state index contributed by atoms with van der Waals surface area (Å²) in [5.74, 6) is 0.0572. The van der Waals surface area contributed by atoms with E-state index in [-0.39, 0.29) is 11.9 Å². The van der Waals surface area contributed by atoms with Gasteiger partial charge in [-0.25, -0.2) is 9.97 Å². The number of carbonyl (C=O) groups is 1. The molecule has 3 aromatic rings. The Morgan fingerprint density at radius 2 is 1.75 bits per heavy atom. The van der Waals surface area contributed by atoms with Crippen LogP contribution < -0.4 is 16.8 Å². The zero-order valence-electron chi connectivity index (χ0n) is 12.9. The first-order chi connectivity index (χ1) is 11.6. The molecule has 6 heteroatoms. The molecule has 3 rings (SSSR count). The molecule has 0 spiro atoms. The molecular weight excluding hydrogens is 302 g/mol. The molecule has 0 fully saturated rings. The maximum absolute atomic E-state index is 12.2. The van der Waals surface area contributed by atoms with Gasteiger partial charge in [-0.3, -0.25) is 4.79 Å². The van der Waals surface area contributed by atoms with E-state index < -0.39 is 0 Å². The number of aromatic nitrogens is 2. The monoisotopic (exact) mass is 319 g/mol. The van der Waals surface area contributed by atoms with E-state index in [0.29, 0.717) is 23.5 Å². The highest BCUT2D eigenvalue weighted by Gasteiger charge is 2.07. The third-order valence-electron chi connectivity index (χ3n) is 3.61. The molecule has 120 valence electrons. The standard InChI is InChI=1S/C18H17N5O/c19-15-4-2-1-3-14(15)11-22-17(24)13-7-5-12(6-8-13)16-9-10-21-18(20)23-16/h1-10H,11,19H2,(H,22,24)(H2,20,21,23). The molecule has 0 unspecified atom stereocenters. The van der Waals surface area contributed by atoms with Crippen LogP contribution in [0, 0.1) is 0 Å². The smallest absolute Gasteiger partial charge is 0.251 e. The topological polar surface area (TPSA) is 107 Å². The summed E-state index contributed by atoms with van der Waals surface area (Å²) >= 11 is 0. The van der Waals surface area contributed by atoms with Crippen molar-refractivity contribution in [3.8, 4) is 11.3 Å². The van der Waals surface area contributed by atoms with Crippen molar-refractivity contribution in [2.75, 3.05) is 11.5 Å². The predicted octanol–water partition coefficient (Wildman–Crippen LogP) is 2.24. The summed E-state index contributed by atoms with van der Waals surface area (Å²) in [6.45, 7) is 0.385. The third kappa shape index (κ3) is 3.49. The molecule has 0 radical (unpaired) electrons. The van der Waals surface area contributed by atoms with Gasteiger partial charge in [-0.1, -0.05) is 30.3 Å². The lowest BCUT2D eigenvalue weighted by molar-refractivity contribution is 0.0951. The fraction of sp³-hybridized carbons (Fsp3) is 0.0556. The number of anilines is 2. The number of nitrogens with zero attached hydrogens (tertiary/aromatic N) is 2. The van der Waals surface area contributed by atoms with Crippen LogP contribution in [0.1, 0.15) is 15.9 Å². The van der Waals surface area contributed by atoms with E-state index in [1.54, 1.807) is 24.4 Å². The lowest BCUT2D eigenvalue weighted by Gasteiger charge is -2.08. The van der Waals surface area contributed by atoms with Crippen LogP contribution in [0.25, 0.3) is 11.3 Å². The van der Waals surface area contributed by atoms with Gasteiger partial charge in [-0.15, -0.1) is 0 Å². The van der Waals surface area contributed by atoms with Gasteiger partial charge in [0.15, 0.2) is 0 Å². The Morgan fingerprint density at radius 1 is 1.00 bits per heavy atom. The van der Waals surface area contributed by atoms with E-state index in [9.17, 15) is 4.79 Å². The van der Waals surface area contributed by atoms with Crippen molar-refractivity contribution in [3.05, 3.63) is 71.9 Å². The van der Waals surface area contributed by atoms with Crippen LogP contribution in [-0.4, -0.2) is 15.9 Å².